The van der Waals surface area contributed by atoms with Crippen LogP contribution in [0.3, 0.4) is 0 Å². The van der Waals surface area contributed by atoms with Crippen LogP contribution in [-0.4, -0.2) is 35.2 Å². The Morgan fingerprint density at radius 1 is 1.37 bits per heavy atom. The van der Waals surface area contributed by atoms with E-state index in [-0.39, 0.29) is 6.42 Å². The normalized spacial score (nSPS) is 12.1. The fraction of sp³-hybridized carbons (Fsp3) is 0.231. The highest BCUT2D eigenvalue weighted by Gasteiger charge is 2.21. The van der Waals surface area contributed by atoms with Gasteiger partial charge in [-0.3, -0.25) is 0 Å². The molecule has 2 aromatic rings. The summed E-state index contributed by atoms with van der Waals surface area (Å²) in [5.41, 5.74) is 1.81. The molecule has 0 aliphatic carbocycles. The number of carbonyl (C=O) groups excluding carboxylic acids is 1. The second kappa shape index (κ2) is 5.43. The molecule has 1 unspecified atom stereocenters. The van der Waals surface area contributed by atoms with Gasteiger partial charge in [0.1, 0.15) is 6.04 Å². The highest BCUT2D eigenvalue weighted by atomic mass is 16.4. The predicted octanol–water partition coefficient (Wildman–Crippen LogP) is 1.09. The number of para-hydroxylation sites is 1. The number of aliphatic carboxylic acids is 1. The molecule has 1 aromatic heterocycles. The Hall–Kier alpha value is -2.50. The van der Waals surface area contributed by atoms with Crippen LogP contribution in [0.2, 0.25) is 0 Å². The maximum absolute atomic E-state index is 11.2. The van der Waals surface area contributed by atoms with E-state index in [0.29, 0.717) is 0 Å². The van der Waals surface area contributed by atoms with Crippen LogP contribution < -0.4 is 10.6 Å². The van der Waals surface area contributed by atoms with Crippen LogP contribution in [0.15, 0.2) is 30.5 Å². The van der Waals surface area contributed by atoms with Gasteiger partial charge in [-0.15, -0.1) is 0 Å². The van der Waals surface area contributed by atoms with Crippen molar-refractivity contribution in [1.29, 1.82) is 0 Å². The molecular formula is C13H15N3O3. The van der Waals surface area contributed by atoms with Gasteiger partial charge in [0.05, 0.1) is 0 Å². The number of hydrogen-bond donors (Lipinski definition) is 4. The molecule has 0 spiro atoms. The van der Waals surface area contributed by atoms with Gasteiger partial charge in [0, 0.05) is 30.6 Å². The maximum Gasteiger partial charge on any atom is 0.326 e. The predicted molar refractivity (Wildman–Crippen MR) is 71.0 cm³/mol. The minimum atomic E-state index is -1.06. The van der Waals surface area contributed by atoms with Gasteiger partial charge in [0.25, 0.3) is 0 Å². The molecule has 0 saturated heterocycles. The molecule has 0 fully saturated rings. The van der Waals surface area contributed by atoms with Crippen LogP contribution >= 0.6 is 0 Å². The van der Waals surface area contributed by atoms with E-state index in [2.05, 4.69) is 15.6 Å². The van der Waals surface area contributed by atoms with Crippen molar-refractivity contribution in [2.45, 2.75) is 12.5 Å². The molecule has 6 heteroatoms. The molecule has 6 nitrogen and oxygen atoms in total. The summed E-state index contributed by atoms with van der Waals surface area (Å²) in [5.74, 6) is -1.06. The number of benzene rings is 1. The van der Waals surface area contributed by atoms with E-state index in [0.717, 1.165) is 16.5 Å². The third kappa shape index (κ3) is 2.85. The zero-order valence-electron chi connectivity index (χ0n) is 10.4. The summed E-state index contributed by atoms with van der Waals surface area (Å²) < 4.78 is 0. The van der Waals surface area contributed by atoms with Crippen molar-refractivity contribution < 1.29 is 14.7 Å². The van der Waals surface area contributed by atoms with E-state index >= 15 is 0 Å². The van der Waals surface area contributed by atoms with Gasteiger partial charge in [-0.2, -0.15) is 0 Å². The molecule has 4 N–H and O–H groups in total. The van der Waals surface area contributed by atoms with E-state index < -0.39 is 18.0 Å². The molecular weight excluding hydrogens is 246 g/mol. The zero-order chi connectivity index (χ0) is 13.8. The number of amides is 2. The van der Waals surface area contributed by atoms with Crippen molar-refractivity contribution in [2.24, 2.45) is 0 Å². The Labute approximate surface area is 109 Å². The van der Waals surface area contributed by atoms with Gasteiger partial charge in [0.15, 0.2) is 0 Å². The fourth-order valence-corrected chi connectivity index (χ4v) is 1.95. The molecule has 19 heavy (non-hydrogen) atoms. The minimum Gasteiger partial charge on any atom is -0.480 e. The number of carboxylic acids is 1. The largest absolute Gasteiger partial charge is 0.480 e. The standard InChI is InChI=1S/C13H15N3O3/c1-14-13(19)16-11(12(17)18)6-8-7-15-10-5-3-2-4-9(8)10/h2-5,7,11,15H,6H2,1H3,(H,17,18)(H2,14,16,19). The number of urea groups is 1. The van der Waals surface area contributed by atoms with E-state index in [1.54, 1.807) is 6.20 Å². The average Bonchev–Trinajstić information content (AvgIpc) is 2.81. The average molecular weight is 261 g/mol. The Balaban J connectivity index is 2.21. The minimum absolute atomic E-state index is 0.229. The number of aromatic nitrogens is 1. The van der Waals surface area contributed by atoms with Crippen molar-refractivity contribution in [1.82, 2.24) is 15.6 Å². The lowest BCUT2D eigenvalue weighted by Gasteiger charge is -2.13. The van der Waals surface area contributed by atoms with Crippen molar-refractivity contribution in [3.8, 4) is 0 Å². The van der Waals surface area contributed by atoms with Crippen molar-refractivity contribution in [3.05, 3.63) is 36.0 Å². The van der Waals surface area contributed by atoms with E-state index in [1.807, 2.05) is 24.3 Å². The van der Waals surface area contributed by atoms with Gasteiger partial charge in [-0.1, -0.05) is 18.2 Å². The first-order chi connectivity index (χ1) is 9.11. The number of aromatic amines is 1. The van der Waals surface area contributed by atoms with Gasteiger partial charge < -0.3 is 20.7 Å². The summed E-state index contributed by atoms with van der Waals surface area (Å²) in [6, 6.07) is 6.16. The fourth-order valence-electron chi connectivity index (χ4n) is 1.95. The lowest BCUT2D eigenvalue weighted by atomic mass is 10.1. The van der Waals surface area contributed by atoms with Crippen molar-refractivity contribution in [3.63, 3.8) is 0 Å². The number of fused-ring (bicyclic) bond motifs is 1. The first kappa shape index (κ1) is 12.9. The Morgan fingerprint density at radius 3 is 2.79 bits per heavy atom. The molecule has 0 aliphatic rings. The molecule has 0 bridgehead atoms. The molecule has 1 atom stereocenters. The number of H-pyrrole nitrogens is 1. The number of hydrogen-bond acceptors (Lipinski definition) is 2. The molecule has 2 amide bonds. The smallest absolute Gasteiger partial charge is 0.326 e. The Morgan fingerprint density at radius 2 is 2.11 bits per heavy atom. The second-order valence-electron chi connectivity index (χ2n) is 4.18. The van der Waals surface area contributed by atoms with Crippen LogP contribution in [0.1, 0.15) is 5.56 Å². The van der Waals surface area contributed by atoms with Crippen LogP contribution in [0.4, 0.5) is 4.79 Å². The van der Waals surface area contributed by atoms with Crippen molar-refractivity contribution >= 4 is 22.9 Å². The van der Waals surface area contributed by atoms with E-state index in [1.165, 1.54) is 7.05 Å². The van der Waals surface area contributed by atoms with E-state index in [4.69, 9.17) is 5.11 Å². The molecule has 0 aliphatic heterocycles. The quantitative estimate of drug-likeness (QED) is 0.663. The SMILES string of the molecule is CNC(=O)NC(Cc1c[nH]c2ccccc12)C(=O)O. The van der Waals surface area contributed by atoms with Gasteiger partial charge in [-0.05, 0) is 11.6 Å². The van der Waals surface area contributed by atoms with Gasteiger partial charge >= 0.3 is 12.0 Å². The third-order valence-electron chi connectivity index (χ3n) is 2.93. The topological polar surface area (TPSA) is 94.2 Å². The van der Waals surface area contributed by atoms with Crippen LogP contribution in [0.25, 0.3) is 10.9 Å². The third-order valence-corrected chi connectivity index (χ3v) is 2.93. The molecule has 0 saturated carbocycles. The van der Waals surface area contributed by atoms with Gasteiger partial charge in [-0.25, -0.2) is 9.59 Å². The molecule has 1 heterocycles. The number of carboxylic acid groups (broad SMARTS) is 1. The lowest BCUT2D eigenvalue weighted by molar-refractivity contribution is -0.139. The monoisotopic (exact) mass is 261 g/mol. The van der Waals surface area contributed by atoms with Gasteiger partial charge in [0.2, 0.25) is 0 Å². The van der Waals surface area contributed by atoms with Crippen LogP contribution in [0, 0.1) is 0 Å². The number of nitrogens with one attached hydrogen (secondary N) is 3. The summed E-state index contributed by atoms with van der Waals surface area (Å²) in [7, 11) is 1.44. The summed E-state index contributed by atoms with van der Waals surface area (Å²) in [6.07, 6.45) is 2.00. The summed E-state index contributed by atoms with van der Waals surface area (Å²) in [6.45, 7) is 0. The molecule has 1 aromatic carbocycles. The van der Waals surface area contributed by atoms with E-state index in [9.17, 15) is 9.59 Å². The number of rotatable bonds is 4. The van der Waals surface area contributed by atoms with Crippen LogP contribution in [0.5, 0.6) is 0 Å². The lowest BCUT2D eigenvalue weighted by Crippen LogP contribution is -2.46. The van der Waals surface area contributed by atoms with Crippen LogP contribution in [-0.2, 0) is 11.2 Å². The van der Waals surface area contributed by atoms with Crippen molar-refractivity contribution in [2.75, 3.05) is 7.05 Å². The first-order valence-corrected chi connectivity index (χ1v) is 5.88. The first-order valence-electron chi connectivity index (χ1n) is 5.88. The summed E-state index contributed by atoms with van der Waals surface area (Å²) in [4.78, 5) is 25.5. The number of carbonyl (C=O) groups is 2. The Kier molecular flexibility index (Phi) is 3.70. The molecule has 100 valence electrons. The second-order valence-corrected chi connectivity index (χ2v) is 4.18. The highest BCUT2D eigenvalue weighted by molar-refractivity contribution is 5.86. The molecule has 0 radical (unpaired) electrons. The molecule has 2 rings (SSSR count). The maximum atomic E-state index is 11.2. The highest BCUT2D eigenvalue weighted by Crippen LogP contribution is 2.19. The Bertz CT molecular complexity index is 606. The summed E-state index contributed by atoms with van der Waals surface area (Å²) in [5, 5.41) is 14.9. The zero-order valence-corrected chi connectivity index (χ0v) is 10.4. The summed E-state index contributed by atoms with van der Waals surface area (Å²) >= 11 is 0.